The van der Waals surface area contributed by atoms with Crippen LogP contribution in [0.4, 0.5) is 5.69 Å². The summed E-state index contributed by atoms with van der Waals surface area (Å²) in [6.45, 7) is 7.50. The summed E-state index contributed by atoms with van der Waals surface area (Å²) in [7, 11) is 0. The smallest absolute Gasteiger partial charge is 0.112 e. The van der Waals surface area contributed by atoms with Gasteiger partial charge in [0.05, 0.1) is 6.54 Å². The van der Waals surface area contributed by atoms with Gasteiger partial charge in [0.25, 0.3) is 0 Å². The van der Waals surface area contributed by atoms with E-state index in [2.05, 4.69) is 55.3 Å². The van der Waals surface area contributed by atoms with Crippen LogP contribution in [0.2, 0.25) is 0 Å². The Morgan fingerprint density at radius 2 is 2.00 bits per heavy atom. The fourth-order valence-electron chi connectivity index (χ4n) is 1.80. The number of benzene rings is 1. The van der Waals surface area contributed by atoms with Crippen LogP contribution in [0.25, 0.3) is 0 Å². The number of nitrogens with zero attached hydrogens (tertiary/aromatic N) is 1. The Morgan fingerprint density at radius 3 is 2.65 bits per heavy atom. The van der Waals surface area contributed by atoms with Crippen molar-refractivity contribution in [1.29, 1.82) is 0 Å². The highest BCUT2D eigenvalue weighted by Crippen LogP contribution is 2.29. The molecule has 0 unspecified atom stereocenters. The van der Waals surface area contributed by atoms with Crippen LogP contribution in [-0.4, -0.2) is 4.98 Å². The van der Waals surface area contributed by atoms with E-state index in [-0.39, 0.29) is 5.41 Å². The molecule has 2 rings (SSSR count). The summed E-state index contributed by atoms with van der Waals surface area (Å²) in [4.78, 5) is 4.28. The molecule has 1 N–H and O–H groups in total. The van der Waals surface area contributed by atoms with E-state index in [1.165, 1.54) is 11.3 Å². The third-order valence-corrected chi connectivity index (χ3v) is 3.43. The van der Waals surface area contributed by atoms with Crippen LogP contribution in [0.3, 0.4) is 0 Å². The van der Waals surface area contributed by atoms with Crippen LogP contribution in [-0.2, 0) is 12.0 Å². The van der Waals surface area contributed by atoms with Gasteiger partial charge in [-0.05, 0) is 17.0 Å². The van der Waals surface area contributed by atoms with E-state index in [0.717, 1.165) is 11.6 Å². The van der Waals surface area contributed by atoms with Crippen molar-refractivity contribution in [1.82, 2.24) is 4.98 Å². The molecule has 0 aliphatic heterocycles. The largest absolute Gasteiger partial charge is 0.378 e. The van der Waals surface area contributed by atoms with Crippen molar-refractivity contribution < 1.29 is 0 Å². The minimum absolute atomic E-state index is 0.159. The van der Waals surface area contributed by atoms with Crippen LogP contribution in [0.5, 0.6) is 0 Å². The molecule has 0 saturated heterocycles. The molecular formula is C14H18N2S. The summed E-state index contributed by atoms with van der Waals surface area (Å²) in [5.41, 5.74) is 2.71. The third-order valence-electron chi connectivity index (χ3n) is 2.65. The lowest BCUT2D eigenvalue weighted by Gasteiger charge is -2.23. The van der Waals surface area contributed by atoms with Crippen LogP contribution in [0, 0.1) is 0 Å². The Balaban J connectivity index is 2.16. The highest BCUT2D eigenvalue weighted by atomic mass is 32.1. The molecule has 17 heavy (non-hydrogen) atoms. The lowest BCUT2D eigenvalue weighted by atomic mass is 9.86. The molecule has 3 heteroatoms. The Hall–Kier alpha value is -1.35. The van der Waals surface area contributed by atoms with Crippen molar-refractivity contribution in [2.45, 2.75) is 32.7 Å². The van der Waals surface area contributed by atoms with Crippen LogP contribution in [0.1, 0.15) is 31.3 Å². The van der Waals surface area contributed by atoms with Crippen LogP contribution < -0.4 is 5.32 Å². The van der Waals surface area contributed by atoms with Crippen molar-refractivity contribution in [2.75, 3.05) is 5.32 Å². The first-order valence-electron chi connectivity index (χ1n) is 5.79. The quantitative estimate of drug-likeness (QED) is 0.883. The lowest BCUT2D eigenvalue weighted by molar-refractivity contribution is 0.591. The van der Waals surface area contributed by atoms with Gasteiger partial charge in [0.1, 0.15) is 5.01 Å². The fraction of sp³-hybridized carbons (Fsp3) is 0.357. The molecule has 0 bridgehead atoms. The second kappa shape index (κ2) is 4.88. The first kappa shape index (κ1) is 12.1. The van der Waals surface area contributed by atoms with E-state index in [1.54, 1.807) is 11.3 Å². The van der Waals surface area contributed by atoms with Gasteiger partial charge in [-0.15, -0.1) is 11.3 Å². The zero-order chi connectivity index (χ0) is 12.3. The lowest BCUT2D eigenvalue weighted by Crippen LogP contribution is -2.14. The highest BCUT2D eigenvalue weighted by molar-refractivity contribution is 7.09. The summed E-state index contributed by atoms with van der Waals surface area (Å²) in [6, 6.07) is 8.48. The van der Waals surface area contributed by atoms with Crippen molar-refractivity contribution in [2.24, 2.45) is 0 Å². The van der Waals surface area contributed by atoms with Crippen molar-refractivity contribution in [3.8, 4) is 0 Å². The van der Waals surface area contributed by atoms with Gasteiger partial charge in [-0.3, -0.25) is 0 Å². The van der Waals surface area contributed by atoms with Gasteiger partial charge in [-0.1, -0.05) is 39.0 Å². The summed E-state index contributed by atoms with van der Waals surface area (Å²) >= 11 is 1.68. The normalized spacial score (nSPS) is 11.5. The minimum Gasteiger partial charge on any atom is -0.378 e. The Labute approximate surface area is 107 Å². The van der Waals surface area contributed by atoms with Gasteiger partial charge in [0.2, 0.25) is 0 Å². The number of hydrogen-bond donors (Lipinski definition) is 1. The number of anilines is 1. The van der Waals surface area contributed by atoms with E-state index >= 15 is 0 Å². The molecule has 0 atom stereocenters. The van der Waals surface area contributed by atoms with Gasteiger partial charge in [-0.25, -0.2) is 4.98 Å². The van der Waals surface area contributed by atoms with Crippen LogP contribution in [0.15, 0.2) is 35.8 Å². The Morgan fingerprint density at radius 1 is 1.24 bits per heavy atom. The average Bonchev–Trinajstić information content (AvgIpc) is 2.78. The summed E-state index contributed by atoms with van der Waals surface area (Å²) in [5, 5.41) is 6.60. The SMILES string of the molecule is CC(C)(C)c1ccccc1NCc1nccs1. The minimum atomic E-state index is 0.159. The Bertz CT molecular complexity index is 469. The van der Waals surface area contributed by atoms with E-state index in [1.807, 2.05) is 11.6 Å². The molecule has 1 aromatic heterocycles. The van der Waals surface area contributed by atoms with E-state index in [0.29, 0.717) is 0 Å². The predicted molar refractivity (Wildman–Crippen MR) is 74.6 cm³/mol. The average molecular weight is 246 g/mol. The molecule has 0 spiro atoms. The Kier molecular flexibility index (Phi) is 3.48. The number of nitrogens with one attached hydrogen (secondary N) is 1. The van der Waals surface area contributed by atoms with Crippen molar-refractivity contribution in [3.05, 3.63) is 46.4 Å². The molecule has 0 fully saturated rings. The maximum Gasteiger partial charge on any atom is 0.112 e. The molecule has 0 saturated carbocycles. The van der Waals surface area contributed by atoms with E-state index in [9.17, 15) is 0 Å². The zero-order valence-electron chi connectivity index (χ0n) is 10.5. The van der Waals surface area contributed by atoms with Crippen molar-refractivity contribution in [3.63, 3.8) is 0 Å². The highest BCUT2D eigenvalue weighted by Gasteiger charge is 2.17. The topological polar surface area (TPSA) is 24.9 Å². The predicted octanol–water partition coefficient (Wildman–Crippen LogP) is 4.05. The summed E-state index contributed by atoms with van der Waals surface area (Å²) in [6.07, 6.45) is 1.84. The molecule has 90 valence electrons. The van der Waals surface area contributed by atoms with Gasteiger partial charge in [0.15, 0.2) is 0 Å². The number of para-hydroxylation sites is 1. The van der Waals surface area contributed by atoms with E-state index < -0.39 is 0 Å². The first-order valence-corrected chi connectivity index (χ1v) is 6.67. The van der Waals surface area contributed by atoms with Gasteiger partial charge in [0, 0.05) is 17.3 Å². The summed E-state index contributed by atoms with van der Waals surface area (Å²) in [5.74, 6) is 0. The van der Waals surface area contributed by atoms with Crippen LogP contribution >= 0.6 is 11.3 Å². The summed E-state index contributed by atoms with van der Waals surface area (Å²) < 4.78 is 0. The molecule has 2 nitrogen and oxygen atoms in total. The standard InChI is InChI=1S/C14H18N2S/c1-14(2,3)11-6-4-5-7-12(11)16-10-13-15-8-9-17-13/h4-9,16H,10H2,1-3H3. The monoisotopic (exact) mass is 246 g/mol. The van der Waals surface area contributed by atoms with Gasteiger partial charge >= 0.3 is 0 Å². The van der Waals surface area contributed by atoms with Gasteiger partial charge < -0.3 is 5.32 Å². The molecular weight excluding hydrogens is 228 g/mol. The van der Waals surface area contributed by atoms with E-state index in [4.69, 9.17) is 0 Å². The second-order valence-corrected chi connectivity index (χ2v) is 6.05. The second-order valence-electron chi connectivity index (χ2n) is 5.07. The molecule has 0 amide bonds. The first-order chi connectivity index (χ1) is 8.07. The fourth-order valence-corrected chi connectivity index (χ4v) is 2.36. The third kappa shape index (κ3) is 3.07. The number of thiazole rings is 1. The number of rotatable bonds is 3. The maximum absolute atomic E-state index is 4.28. The molecule has 0 aliphatic carbocycles. The zero-order valence-corrected chi connectivity index (χ0v) is 11.3. The van der Waals surface area contributed by atoms with Crippen molar-refractivity contribution >= 4 is 17.0 Å². The molecule has 2 aromatic rings. The molecule has 1 heterocycles. The number of aromatic nitrogens is 1. The molecule has 0 radical (unpaired) electrons. The molecule has 1 aromatic carbocycles. The van der Waals surface area contributed by atoms with Gasteiger partial charge in [-0.2, -0.15) is 0 Å². The number of hydrogen-bond acceptors (Lipinski definition) is 3. The molecule has 0 aliphatic rings. The maximum atomic E-state index is 4.28.